The quantitative estimate of drug-likeness (QED) is 0.820. The average molecular weight is 336 g/mol. The molecule has 0 aliphatic carbocycles. The molecule has 108 valence electrons. The van der Waals surface area contributed by atoms with E-state index in [1.54, 1.807) is 0 Å². The van der Waals surface area contributed by atoms with Gasteiger partial charge < -0.3 is 10.2 Å². The van der Waals surface area contributed by atoms with Crippen LogP contribution in [-0.4, -0.2) is 36.1 Å². The number of aromatic nitrogens is 1. The minimum Gasteiger partial charge on any atom is -0.311 e. The SMILES string of the molecule is CC(C)N(C)CCNCc1ccc(Br)c2cccnc12. The number of fused-ring (bicyclic) bond motifs is 1. The molecular weight excluding hydrogens is 314 g/mol. The number of nitrogens with zero attached hydrogens (tertiary/aromatic N) is 2. The van der Waals surface area contributed by atoms with Crippen LogP contribution >= 0.6 is 15.9 Å². The van der Waals surface area contributed by atoms with E-state index in [9.17, 15) is 0 Å². The first-order valence-electron chi connectivity index (χ1n) is 7.02. The number of hydrogen-bond donors (Lipinski definition) is 1. The molecule has 3 nitrogen and oxygen atoms in total. The molecule has 0 aliphatic rings. The van der Waals surface area contributed by atoms with Gasteiger partial charge in [0.25, 0.3) is 0 Å². The molecule has 2 rings (SSSR count). The van der Waals surface area contributed by atoms with Crippen molar-refractivity contribution in [2.75, 3.05) is 20.1 Å². The summed E-state index contributed by atoms with van der Waals surface area (Å²) in [6.07, 6.45) is 1.85. The van der Waals surface area contributed by atoms with Gasteiger partial charge in [-0.2, -0.15) is 0 Å². The largest absolute Gasteiger partial charge is 0.311 e. The van der Waals surface area contributed by atoms with Crippen molar-refractivity contribution >= 4 is 26.8 Å². The van der Waals surface area contributed by atoms with Gasteiger partial charge in [-0.05, 0) is 38.6 Å². The molecule has 2 aromatic rings. The number of rotatable bonds is 6. The summed E-state index contributed by atoms with van der Waals surface area (Å²) in [7, 11) is 2.16. The van der Waals surface area contributed by atoms with Crippen LogP contribution in [0.2, 0.25) is 0 Å². The average Bonchev–Trinajstić information content (AvgIpc) is 2.45. The third kappa shape index (κ3) is 3.78. The van der Waals surface area contributed by atoms with E-state index >= 15 is 0 Å². The summed E-state index contributed by atoms with van der Waals surface area (Å²) in [6.45, 7) is 7.32. The van der Waals surface area contributed by atoms with E-state index in [4.69, 9.17) is 0 Å². The van der Waals surface area contributed by atoms with Gasteiger partial charge in [-0.1, -0.05) is 28.1 Å². The first kappa shape index (κ1) is 15.4. The molecule has 0 radical (unpaired) electrons. The van der Waals surface area contributed by atoms with E-state index in [1.807, 2.05) is 12.3 Å². The second-order valence-electron chi connectivity index (χ2n) is 5.36. The highest BCUT2D eigenvalue weighted by molar-refractivity contribution is 9.10. The first-order chi connectivity index (χ1) is 9.59. The van der Waals surface area contributed by atoms with E-state index in [-0.39, 0.29) is 0 Å². The van der Waals surface area contributed by atoms with Crippen LogP contribution in [0.1, 0.15) is 19.4 Å². The van der Waals surface area contributed by atoms with Gasteiger partial charge in [0, 0.05) is 41.7 Å². The molecule has 0 saturated heterocycles. The number of pyridine rings is 1. The lowest BCUT2D eigenvalue weighted by Gasteiger charge is -2.21. The van der Waals surface area contributed by atoms with Gasteiger partial charge in [0.1, 0.15) is 0 Å². The number of nitrogens with one attached hydrogen (secondary N) is 1. The molecule has 0 spiro atoms. The molecule has 0 aliphatic heterocycles. The van der Waals surface area contributed by atoms with Crippen LogP contribution in [0.15, 0.2) is 34.9 Å². The van der Waals surface area contributed by atoms with Gasteiger partial charge in [-0.15, -0.1) is 0 Å². The second kappa shape index (κ2) is 7.16. The van der Waals surface area contributed by atoms with Gasteiger partial charge in [-0.3, -0.25) is 4.98 Å². The van der Waals surface area contributed by atoms with Gasteiger partial charge in [0.2, 0.25) is 0 Å². The standard InChI is InChI=1S/C16H22BrN3/c1-12(2)20(3)10-9-18-11-13-6-7-15(17)14-5-4-8-19-16(13)14/h4-8,12,18H,9-11H2,1-3H3. The van der Waals surface area contributed by atoms with Crippen LogP contribution in [0, 0.1) is 0 Å². The fraction of sp³-hybridized carbons (Fsp3) is 0.438. The maximum Gasteiger partial charge on any atom is 0.0758 e. The molecule has 0 bridgehead atoms. The Bertz CT molecular complexity index is 569. The van der Waals surface area contributed by atoms with Crippen molar-refractivity contribution in [1.29, 1.82) is 0 Å². The lowest BCUT2D eigenvalue weighted by Crippen LogP contribution is -2.33. The number of hydrogen-bond acceptors (Lipinski definition) is 3. The molecule has 4 heteroatoms. The zero-order valence-electron chi connectivity index (χ0n) is 12.4. The van der Waals surface area contributed by atoms with E-state index in [0.717, 1.165) is 29.6 Å². The Morgan fingerprint density at radius 3 is 2.85 bits per heavy atom. The maximum atomic E-state index is 4.50. The molecule has 0 unspecified atom stereocenters. The molecule has 0 fully saturated rings. The summed E-state index contributed by atoms with van der Waals surface area (Å²) in [5.74, 6) is 0. The monoisotopic (exact) mass is 335 g/mol. The van der Waals surface area contributed by atoms with Gasteiger partial charge in [0.05, 0.1) is 5.52 Å². The van der Waals surface area contributed by atoms with Crippen LogP contribution in [0.25, 0.3) is 10.9 Å². The van der Waals surface area contributed by atoms with Crippen molar-refractivity contribution < 1.29 is 0 Å². The van der Waals surface area contributed by atoms with Gasteiger partial charge in [0.15, 0.2) is 0 Å². The Kier molecular flexibility index (Phi) is 5.52. The Labute approximate surface area is 129 Å². The van der Waals surface area contributed by atoms with Crippen LogP contribution in [0.3, 0.4) is 0 Å². The predicted octanol–water partition coefficient (Wildman–Crippen LogP) is 3.43. The lowest BCUT2D eigenvalue weighted by molar-refractivity contribution is 0.273. The van der Waals surface area contributed by atoms with Crippen molar-refractivity contribution in [3.05, 3.63) is 40.5 Å². The Morgan fingerprint density at radius 1 is 1.30 bits per heavy atom. The maximum absolute atomic E-state index is 4.50. The highest BCUT2D eigenvalue weighted by atomic mass is 79.9. The van der Waals surface area contributed by atoms with Crippen molar-refractivity contribution in [2.45, 2.75) is 26.4 Å². The Balaban J connectivity index is 1.99. The second-order valence-corrected chi connectivity index (χ2v) is 6.21. The number of halogens is 1. The molecule has 1 N–H and O–H groups in total. The Morgan fingerprint density at radius 2 is 2.10 bits per heavy atom. The van der Waals surface area contributed by atoms with E-state index in [0.29, 0.717) is 6.04 Å². The molecule has 1 heterocycles. The summed E-state index contributed by atoms with van der Waals surface area (Å²) in [5.41, 5.74) is 2.32. The fourth-order valence-electron chi connectivity index (χ4n) is 2.08. The molecule has 1 aromatic carbocycles. The van der Waals surface area contributed by atoms with E-state index in [2.05, 4.69) is 70.2 Å². The predicted molar refractivity (Wildman–Crippen MR) is 88.9 cm³/mol. The van der Waals surface area contributed by atoms with Crippen LogP contribution in [0.5, 0.6) is 0 Å². The van der Waals surface area contributed by atoms with Crippen molar-refractivity contribution in [1.82, 2.24) is 15.2 Å². The summed E-state index contributed by atoms with van der Waals surface area (Å²) in [6, 6.07) is 8.90. The Hall–Kier alpha value is -0.970. The zero-order valence-corrected chi connectivity index (χ0v) is 13.9. The third-order valence-corrected chi connectivity index (χ3v) is 4.33. The summed E-state index contributed by atoms with van der Waals surface area (Å²) < 4.78 is 1.10. The topological polar surface area (TPSA) is 28.2 Å². The van der Waals surface area contributed by atoms with E-state index in [1.165, 1.54) is 10.9 Å². The molecule has 0 atom stereocenters. The number of likely N-dealkylation sites (N-methyl/N-ethyl adjacent to an activating group) is 1. The van der Waals surface area contributed by atoms with E-state index < -0.39 is 0 Å². The van der Waals surface area contributed by atoms with Crippen molar-refractivity contribution in [2.24, 2.45) is 0 Å². The first-order valence-corrected chi connectivity index (χ1v) is 7.82. The highest BCUT2D eigenvalue weighted by Gasteiger charge is 2.06. The van der Waals surface area contributed by atoms with Crippen molar-refractivity contribution in [3.63, 3.8) is 0 Å². The minimum atomic E-state index is 0.590. The van der Waals surface area contributed by atoms with Crippen LogP contribution in [-0.2, 0) is 6.54 Å². The van der Waals surface area contributed by atoms with Gasteiger partial charge >= 0.3 is 0 Å². The molecule has 20 heavy (non-hydrogen) atoms. The molecule has 1 aromatic heterocycles. The smallest absolute Gasteiger partial charge is 0.0758 e. The molecule has 0 amide bonds. The normalized spacial score (nSPS) is 11.7. The summed E-state index contributed by atoms with van der Waals surface area (Å²) in [4.78, 5) is 6.84. The minimum absolute atomic E-state index is 0.590. The third-order valence-electron chi connectivity index (χ3n) is 3.64. The zero-order chi connectivity index (χ0) is 14.5. The summed E-state index contributed by atoms with van der Waals surface area (Å²) in [5, 5.41) is 4.67. The molecule has 0 saturated carbocycles. The highest BCUT2D eigenvalue weighted by Crippen LogP contribution is 2.24. The fourth-order valence-corrected chi connectivity index (χ4v) is 2.53. The van der Waals surface area contributed by atoms with Crippen LogP contribution in [0.4, 0.5) is 0 Å². The summed E-state index contributed by atoms with van der Waals surface area (Å²) >= 11 is 3.58. The molecular formula is C16H22BrN3. The lowest BCUT2D eigenvalue weighted by atomic mass is 10.1. The van der Waals surface area contributed by atoms with Crippen molar-refractivity contribution in [3.8, 4) is 0 Å². The van der Waals surface area contributed by atoms with Crippen LogP contribution < -0.4 is 5.32 Å². The number of benzene rings is 1. The van der Waals surface area contributed by atoms with Gasteiger partial charge in [-0.25, -0.2) is 0 Å².